The van der Waals surface area contributed by atoms with Crippen molar-refractivity contribution >= 4 is 11.8 Å². The number of nitrogens with zero attached hydrogens (tertiary/aromatic N) is 2. The fraction of sp³-hybridized carbons (Fsp3) is 0.143. The molecule has 0 bridgehead atoms. The van der Waals surface area contributed by atoms with Gasteiger partial charge in [-0.1, -0.05) is 0 Å². The van der Waals surface area contributed by atoms with Crippen molar-refractivity contribution < 1.29 is 9.59 Å². The Morgan fingerprint density at radius 1 is 1.00 bits per heavy atom. The van der Waals surface area contributed by atoms with Gasteiger partial charge in [0.15, 0.2) is 0 Å². The Hall–Kier alpha value is -2.76. The summed E-state index contributed by atoms with van der Waals surface area (Å²) in [6.07, 6.45) is 6.35. The summed E-state index contributed by atoms with van der Waals surface area (Å²) in [5.74, 6) is -0.573. The number of hydrogen-bond acceptors (Lipinski definition) is 4. The molecule has 0 aliphatic carbocycles. The Bertz CT molecular complexity index is 572. The van der Waals surface area contributed by atoms with Crippen molar-refractivity contribution in [3.8, 4) is 0 Å². The van der Waals surface area contributed by atoms with Gasteiger partial charge in [-0.15, -0.1) is 0 Å². The van der Waals surface area contributed by atoms with Gasteiger partial charge < -0.3 is 10.6 Å². The topological polar surface area (TPSA) is 84.0 Å². The summed E-state index contributed by atoms with van der Waals surface area (Å²) in [7, 11) is 0. The van der Waals surface area contributed by atoms with Crippen molar-refractivity contribution in [2.24, 2.45) is 0 Å². The first-order valence-electron chi connectivity index (χ1n) is 6.09. The van der Waals surface area contributed by atoms with Gasteiger partial charge in [-0.05, 0) is 29.8 Å². The summed E-state index contributed by atoms with van der Waals surface area (Å²) in [4.78, 5) is 31.0. The summed E-state index contributed by atoms with van der Waals surface area (Å²) >= 11 is 0. The van der Waals surface area contributed by atoms with E-state index in [1.807, 2.05) is 12.1 Å². The Balaban J connectivity index is 1.74. The molecular formula is C14H14N4O2. The molecular weight excluding hydrogens is 256 g/mol. The summed E-state index contributed by atoms with van der Waals surface area (Å²) in [5, 5.41) is 5.24. The molecule has 20 heavy (non-hydrogen) atoms. The molecule has 0 aromatic carbocycles. The van der Waals surface area contributed by atoms with Crippen LogP contribution in [-0.2, 0) is 11.3 Å². The van der Waals surface area contributed by atoms with Crippen LogP contribution in [0.15, 0.2) is 49.1 Å². The minimum Gasteiger partial charge on any atom is -0.350 e. The Kier molecular flexibility index (Phi) is 4.77. The third-order valence-electron chi connectivity index (χ3n) is 2.57. The van der Waals surface area contributed by atoms with E-state index in [-0.39, 0.29) is 18.4 Å². The molecule has 0 saturated carbocycles. The van der Waals surface area contributed by atoms with Crippen LogP contribution in [0.4, 0.5) is 0 Å². The third-order valence-corrected chi connectivity index (χ3v) is 2.57. The molecule has 2 aromatic rings. The van der Waals surface area contributed by atoms with Crippen LogP contribution in [0.2, 0.25) is 0 Å². The molecule has 0 unspecified atom stereocenters. The zero-order valence-corrected chi connectivity index (χ0v) is 10.7. The zero-order valence-electron chi connectivity index (χ0n) is 10.7. The fourth-order valence-corrected chi connectivity index (χ4v) is 1.52. The van der Waals surface area contributed by atoms with Crippen molar-refractivity contribution in [3.63, 3.8) is 0 Å². The lowest BCUT2D eigenvalue weighted by molar-refractivity contribution is -0.120. The number of carbonyl (C=O) groups is 2. The highest BCUT2D eigenvalue weighted by Crippen LogP contribution is 1.95. The smallest absolute Gasteiger partial charge is 0.253 e. The van der Waals surface area contributed by atoms with Crippen molar-refractivity contribution in [3.05, 3.63) is 60.2 Å². The van der Waals surface area contributed by atoms with E-state index < -0.39 is 0 Å². The molecule has 6 nitrogen and oxygen atoms in total. The van der Waals surface area contributed by atoms with E-state index in [1.165, 1.54) is 6.20 Å². The van der Waals surface area contributed by atoms with E-state index in [2.05, 4.69) is 20.6 Å². The fourth-order valence-electron chi connectivity index (χ4n) is 1.52. The van der Waals surface area contributed by atoms with Gasteiger partial charge in [0, 0.05) is 31.3 Å². The van der Waals surface area contributed by atoms with Crippen LogP contribution in [0, 0.1) is 0 Å². The largest absolute Gasteiger partial charge is 0.350 e. The molecule has 2 aromatic heterocycles. The lowest BCUT2D eigenvalue weighted by Gasteiger charge is -2.06. The maximum atomic E-state index is 11.7. The second kappa shape index (κ2) is 6.98. The average Bonchev–Trinajstić information content (AvgIpc) is 2.52. The van der Waals surface area contributed by atoms with Crippen molar-refractivity contribution in [2.75, 3.05) is 6.54 Å². The van der Waals surface area contributed by atoms with Gasteiger partial charge in [0.05, 0.1) is 12.1 Å². The number of rotatable bonds is 5. The number of amides is 2. The van der Waals surface area contributed by atoms with Gasteiger partial charge in [-0.25, -0.2) is 0 Å². The summed E-state index contributed by atoms with van der Waals surface area (Å²) < 4.78 is 0. The van der Waals surface area contributed by atoms with Crippen LogP contribution in [-0.4, -0.2) is 28.3 Å². The van der Waals surface area contributed by atoms with E-state index in [4.69, 9.17) is 0 Å². The lowest BCUT2D eigenvalue weighted by atomic mass is 10.2. The first-order valence-corrected chi connectivity index (χ1v) is 6.09. The van der Waals surface area contributed by atoms with E-state index in [0.717, 1.165) is 5.56 Å². The molecule has 2 amide bonds. The molecule has 0 aliphatic rings. The standard InChI is InChI=1S/C14H14N4O2/c19-13(17-8-11-3-6-15-7-4-11)10-18-14(20)12-2-1-5-16-9-12/h1-7,9H,8,10H2,(H,17,19)(H,18,20). The number of hydrogen-bond donors (Lipinski definition) is 2. The van der Waals surface area contributed by atoms with Crippen LogP contribution in [0.25, 0.3) is 0 Å². The molecule has 0 atom stereocenters. The molecule has 0 radical (unpaired) electrons. The Morgan fingerprint density at radius 2 is 1.80 bits per heavy atom. The minimum atomic E-state index is -0.322. The highest BCUT2D eigenvalue weighted by atomic mass is 16.2. The second-order valence-electron chi connectivity index (χ2n) is 4.06. The second-order valence-corrected chi connectivity index (χ2v) is 4.06. The van der Waals surface area contributed by atoms with E-state index in [0.29, 0.717) is 12.1 Å². The van der Waals surface area contributed by atoms with Gasteiger partial charge in [0.25, 0.3) is 5.91 Å². The summed E-state index contributed by atoms with van der Waals surface area (Å²) in [5.41, 5.74) is 1.38. The van der Waals surface area contributed by atoms with Crippen LogP contribution < -0.4 is 10.6 Å². The Labute approximate surface area is 116 Å². The maximum Gasteiger partial charge on any atom is 0.253 e. The summed E-state index contributed by atoms with van der Waals surface area (Å²) in [6, 6.07) is 6.93. The van der Waals surface area contributed by atoms with Gasteiger partial charge in [-0.2, -0.15) is 0 Å². The quantitative estimate of drug-likeness (QED) is 0.829. The highest BCUT2D eigenvalue weighted by molar-refractivity contribution is 5.96. The number of nitrogens with one attached hydrogen (secondary N) is 2. The molecule has 0 aliphatic heterocycles. The minimum absolute atomic E-state index is 0.0706. The molecule has 102 valence electrons. The molecule has 2 N–H and O–H groups in total. The van der Waals surface area contributed by atoms with E-state index in [1.54, 1.807) is 30.7 Å². The highest BCUT2D eigenvalue weighted by Gasteiger charge is 2.07. The molecule has 2 rings (SSSR count). The van der Waals surface area contributed by atoms with Gasteiger partial charge in [0.2, 0.25) is 5.91 Å². The van der Waals surface area contributed by atoms with Crippen LogP contribution in [0.5, 0.6) is 0 Å². The van der Waals surface area contributed by atoms with E-state index in [9.17, 15) is 9.59 Å². The predicted molar refractivity (Wildman–Crippen MR) is 72.7 cm³/mol. The van der Waals surface area contributed by atoms with Crippen molar-refractivity contribution in [2.45, 2.75) is 6.54 Å². The predicted octanol–water partition coefficient (Wildman–Crippen LogP) is 0.523. The van der Waals surface area contributed by atoms with E-state index >= 15 is 0 Å². The van der Waals surface area contributed by atoms with Crippen LogP contribution >= 0.6 is 0 Å². The molecule has 2 heterocycles. The molecule has 6 heteroatoms. The third kappa shape index (κ3) is 4.16. The Morgan fingerprint density at radius 3 is 2.50 bits per heavy atom. The number of aromatic nitrogens is 2. The van der Waals surface area contributed by atoms with Crippen molar-refractivity contribution in [1.82, 2.24) is 20.6 Å². The zero-order chi connectivity index (χ0) is 14.2. The normalized spacial score (nSPS) is 9.80. The maximum absolute atomic E-state index is 11.7. The van der Waals surface area contributed by atoms with Crippen LogP contribution in [0.3, 0.4) is 0 Å². The average molecular weight is 270 g/mol. The summed E-state index contributed by atoms with van der Waals surface area (Å²) in [6.45, 7) is 0.336. The monoisotopic (exact) mass is 270 g/mol. The molecule has 0 fully saturated rings. The van der Waals surface area contributed by atoms with Gasteiger partial charge >= 0.3 is 0 Å². The van der Waals surface area contributed by atoms with Gasteiger partial charge in [-0.3, -0.25) is 19.6 Å². The number of carbonyl (C=O) groups excluding carboxylic acids is 2. The molecule has 0 spiro atoms. The van der Waals surface area contributed by atoms with Crippen LogP contribution in [0.1, 0.15) is 15.9 Å². The SMILES string of the molecule is O=C(CNC(=O)c1cccnc1)NCc1ccncc1. The molecule has 0 saturated heterocycles. The lowest BCUT2D eigenvalue weighted by Crippen LogP contribution is -2.36. The number of pyridine rings is 2. The van der Waals surface area contributed by atoms with Crippen molar-refractivity contribution in [1.29, 1.82) is 0 Å². The first-order chi connectivity index (χ1) is 9.75. The van der Waals surface area contributed by atoms with Gasteiger partial charge in [0.1, 0.15) is 0 Å². The first kappa shape index (κ1) is 13.7.